The Morgan fingerprint density at radius 3 is 2.00 bits per heavy atom. The Morgan fingerprint density at radius 2 is 1.23 bits per heavy atom. The molecule has 4 heteroatoms. The second-order valence-electron chi connectivity index (χ2n) is 13.8. The number of nitrogens with zero attached hydrogens (tertiary/aromatic N) is 2. The third-order valence-electron chi connectivity index (χ3n) is 10.9. The van der Waals surface area contributed by atoms with Crippen LogP contribution < -0.4 is 9.64 Å². The fraction of sp³-hybridized carbons (Fsp3) is 0.0408. The lowest BCUT2D eigenvalue weighted by Crippen LogP contribution is -2.24. The topological polar surface area (TPSA) is 38.5 Å². The van der Waals surface area contributed by atoms with Gasteiger partial charge in [0.2, 0.25) is 0 Å². The van der Waals surface area contributed by atoms with Crippen molar-refractivity contribution in [3.63, 3.8) is 0 Å². The lowest BCUT2D eigenvalue weighted by atomic mass is 9.85. The standard InChI is InChI=1S/C49H32N2O2/c1-2-11-37-31(9-1)10-7-16-38(37)32-18-22-34(23-19-32)51(35-24-20-33(21-25-35)46-30-44-45(52-46)17-8-28-50-44)36-26-27-43-47(29-36)53-49-42-15-6-4-13-40(42)39-12-3-5-14-41(39)48(43)49/h1-30,43,47H. The van der Waals surface area contributed by atoms with Gasteiger partial charge in [-0.05, 0) is 98.7 Å². The summed E-state index contributed by atoms with van der Waals surface area (Å²) in [6.07, 6.45) is 8.55. The molecule has 0 N–H and O–H groups in total. The number of hydrogen-bond donors (Lipinski definition) is 0. The molecule has 11 rings (SSSR count). The van der Waals surface area contributed by atoms with Crippen molar-refractivity contribution in [2.45, 2.75) is 12.0 Å². The molecule has 9 aromatic rings. The second-order valence-corrected chi connectivity index (χ2v) is 13.8. The highest BCUT2D eigenvalue weighted by Crippen LogP contribution is 2.51. The van der Waals surface area contributed by atoms with Gasteiger partial charge in [0.25, 0.3) is 0 Å². The number of fused-ring (bicyclic) bond motifs is 10. The van der Waals surface area contributed by atoms with E-state index in [-0.39, 0.29) is 12.0 Å². The van der Waals surface area contributed by atoms with Gasteiger partial charge in [-0.15, -0.1) is 0 Å². The van der Waals surface area contributed by atoms with Gasteiger partial charge >= 0.3 is 0 Å². The minimum atomic E-state index is -0.140. The molecule has 3 heterocycles. The SMILES string of the molecule is C1=CC2c3c(c4ccccc4c4ccccc34)OC2C=C1N(c1ccc(-c2cc3ncccc3o2)cc1)c1ccc(-c2cccc3ccccc23)cc1. The number of anilines is 2. The van der Waals surface area contributed by atoms with Gasteiger partial charge in [-0.3, -0.25) is 4.98 Å². The summed E-state index contributed by atoms with van der Waals surface area (Å²) in [5.41, 5.74) is 9.48. The van der Waals surface area contributed by atoms with E-state index in [4.69, 9.17) is 9.15 Å². The van der Waals surface area contributed by atoms with Crippen LogP contribution in [-0.2, 0) is 0 Å². The number of furan rings is 1. The van der Waals surface area contributed by atoms with E-state index in [9.17, 15) is 0 Å². The number of hydrogen-bond acceptors (Lipinski definition) is 4. The first-order valence-corrected chi connectivity index (χ1v) is 18.1. The number of pyridine rings is 1. The van der Waals surface area contributed by atoms with Gasteiger partial charge in [0.1, 0.15) is 23.1 Å². The summed E-state index contributed by atoms with van der Waals surface area (Å²) >= 11 is 0. The van der Waals surface area contributed by atoms with Gasteiger partial charge in [0.05, 0.1) is 0 Å². The Labute approximate surface area is 306 Å². The Hall–Kier alpha value is -6.91. The fourth-order valence-electron chi connectivity index (χ4n) is 8.39. The molecule has 1 aliphatic heterocycles. The van der Waals surface area contributed by atoms with Crippen molar-refractivity contribution in [1.82, 2.24) is 4.98 Å². The van der Waals surface area contributed by atoms with Crippen LogP contribution in [0.1, 0.15) is 11.5 Å². The zero-order valence-corrected chi connectivity index (χ0v) is 28.7. The molecular weight excluding hydrogens is 649 g/mol. The Morgan fingerprint density at radius 1 is 0.566 bits per heavy atom. The third-order valence-corrected chi connectivity index (χ3v) is 10.9. The third kappa shape index (κ3) is 4.80. The average Bonchev–Trinajstić information content (AvgIpc) is 3.84. The van der Waals surface area contributed by atoms with Crippen molar-refractivity contribution in [2.24, 2.45) is 0 Å². The number of aromatic nitrogens is 1. The molecule has 0 saturated heterocycles. The molecule has 0 amide bonds. The lowest BCUT2D eigenvalue weighted by Gasteiger charge is -2.30. The minimum Gasteiger partial charge on any atom is -0.484 e. The number of benzene rings is 7. The summed E-state index contributed by atoms with van der Waals surface area (Å²) in [6.45, 7) is 0. The van der Waals surface area contributed by atoms with Gasteiger partial charge in [0.15, 0.2) is 5.58 Å². The zero-order valence-electron chi connectivity index (χ0n) is 28.7. The first-order chi connectivity index (χ1) is 26.3. The summed E-state index contributed by atoms with van der Waals surface area (Å²) in [7, 11) is 0. The number of rotatable bonds is 5. The van der Waals surface area contributed by atoms with Gasteiger partial charge in [0, 0.05) is 51.8 Å². The Kier molecular flexibility index (Phi) is 6.65. The van der Waals surface area contributed by atoms with E-state index in [0.29, 0.717) is 0 Å². The molecule has 0 bridgehead atoms. The highest BCUT2D eigenvalue weighted by Gasteiger charge is 2.37. The van der Waals surface area contributed by atoms with E-state index in [1.165, 1.54) is 43.6 Å². The van der Waals surface area contributed by atoms with Crippen molar-refractivity contribution < 1.29 is 9.15 Å². The highest BCUT2D eigenvalue weighted by atomic mass is 16.5. The molecule has 2 aliphatic rings. The molecule has 53 heavy (non-hydrogen) atoms. The predicted octanol–water partition coefficient (Wildman–Crippen LogP) is 12.8. The van der Waals surface area contributed by atoms with E-state index in [1.54, 1.807) is 6.20 Å². The van der Waals surface area contributed by atoms with Crippen LogP contribution in [0.25, 0.3) is 65.9 Å². The van der Waals surface area contributed by atoms with Crippen LogP contribution in [0.4, 0.5) is 11.4 Å². The summed E-state index contributed by atoms with van der Waals surface area (Å²) in [6, 6.07) is 55.8. The van der Waals surface area contributed by atoms with Crippen LogP contribution in [0, 0.1) is 0 Å². The van der Waals surface area contributed by atoms with Gasteiger partial charge in [-0.25, -0.2) is 0 Å². The summed E-state index contributed by atoms with van der Waals surface area (Å²) in [5, 5.41) is 7.40. The van der Waals surface area contributed by atoms with Crippen LogP contribution in [-0.4, -0.2) is 11.1 Å². The predicted molar refractivity (Wildman–Crippen MR) is 217 cm³/mol. The molecule has 0 fully saturated rings. The summed E-state index contributed by atoms with van der Waals surface area (Å²) in [4.78, 5) is 6.79. The van der Waals surface area contributed by atoms with Gasteiger partial charge < -0.3 is 14.1 Å². The zero-order chi connectivity index (χ0) is 34.9. The normalized spacial score (nSPS) is 16.1. The summed E-state index contributed by atoms with van der Waals surface area (Å²) in [5.74, 6) is 1.91. The second kappa shape index (κ2) is 11.8. The molecule has 0 spiro atoms. The molecule has 250 valence electrons. The first-order valence-electron chi connectivity index (χ1n) is 18.1. The number of ether oxygens (including phenoxy) is 1. The summed E-state index contributed by atoms with van der Waals surface area (Å²) < 4.78 is 13.1. The molecular formula is C49H32N2O2. The average molecular weight is 681 g/mol. The van der Waals surface area contributed by atoms with Crippen LogP contribution in [0.5, 0.6) is 5.75 Å². The molecule has 2 atom stereocenters. The lowest BCUT2D eigenvalue weighted by molar-refractivity contribution is 0.270. The fourth-order valence-corrected chi connectivity index (χ4v) is 8.39. The van der Waals surface area contributed by atoms with Crippen molar-refractivity contribution in [3.8, 4) is 28.2 Å². The smallest absolute Gasteiger partial charge is 0.153 e. The van der Waals surface area contributed by atoms with Gasteiger partial charge in [-0.2, -0.15) is 0 Å². The van der Waals surface area contributed by atoms with Gasteiger partial charge in [-0.1, -0.05) is 109 Å². The first kappa shape index (κ1) is 29.8. The van der Waals surface area contributed by atoms with Crippen molar-refractivity contribution in [1.29, 1.82) is 0 Å². The van der Waals surface area contributed by atoms with Crippen molar-refractivity contribution in [3.05, 3.63) is 193 Å². The van der Waals surface area contributed by atoms with E-state index in [2.05, 4.69) is 168 Å². The van der Waals surface area contributed by atoms with Crippen LogP contribution >= 0.6 is 0 Å². The minimum absolute atomic E-state index is 0.114. The van der Waals surface area contributed by atoms with E-state index in [1.807, 2.05) is 18.2 Å². The number of allylic oxidation sites excluding steroid dienone is 1. The van der Waals surface area contributed by atoms with Crippen LogP contribution in [0.15, 0.2) is 192 Å². The van der Waals surface area contributed by atoms with E-state index >= 15 is 0 Å². The highest BCUT2D eigenvalue weighted by molar-refractivity contribution is 6.13. The maximum absolute atomic E-state index is 6.94. The maximum Gasteiger partial charge on any atom is 0.153 e. The monoisotopic (exact) mass is 680 g/mol. The largest absolute Gasteiger partial charge is 0.484 e. The van der Waals surface area contributed by atoms with E-state index in [0.717, 1.165) is 50.6 Å². The Bertz CT molecular complexity index is 2900. The Balaban J connectivity index is 1.01. The van der Waals surface area contributed by atoms with Crippen molar-refractivity contribution in [2.75, 3.05) is 4.90 Å². The molecule has 7 aromatic carbocycles. The van der Waals surface area contributed by atoms with Crippen molar-refractivity contribution >= 4 is 54.8 Å². The molecule has 0 saturated carbocycles. The quantitative estimate of drug-likeness (QED) is 0.170. The van der Waals surface area contributed by atoms with Crippen LogP contribution in [0.3, 0.4) is 0 Å². The molecule has 4 nitrogen and oxygen atoms in total. The molecule has 0 radical (unpaired) electrons. The maximum atomic E-state index is 6.94. The molecule has 1 aliphatic carbocycles. The molecule has 2 unspecified atom stereocenters. The van der Waals surface area contributed by atoms with Crippen LogP contribution in [0.2, 0.25) is 0 Å². The molecule has 2 aromatic heterocycles. The van der Waals surface area contributed by atoms with E-state index < -0.39 is 0 Å².